The van der Waals surface area contributed by atoms with Crippen molar-refractivity contribution in [2.75, 3.05) is 4.90 Å². The number of hydrogen-bond donors (Lipinski definition) is 0. The molecule has 0 aliphatic carbocycles. The minimum absolute atomic E-state index is 0.0347. The molecule has 0 bridgehead atoms. The van der Waals surface area contributed by atoms with Gasteiger partial charge in [0.15, 0.2) is 0 Å². The van der Waals surface area contributed by atoms with Crippen molar-refractivity contribution in [1.29, 1.82) is 0 Å². The van der Waals surface area contributed by atoms with Gasteiger partial charge in [0, 0.05) is 43.1 Å². The van der Waals surface area contributed by atoms with E-state index in [-0.39, 0.29) is 89.6 Å². The third kappa shape index (κ3) is 13.4. The van der Waals surface area contributed by atoms with Crippen molar-refractivity contribution in [3.05, 3.63) is 213 Å². The van der Waals surface area contributed by atoms with Crippen LogP contribution in [0.25, 0.3) is 48.7 Å². The summed E-state index contributed by atoms with van der Waals surface area (Å²) in [7, 11) is 0. The third-order valence-corrected chi connectivity index (χ3v) is 19.7. The van der Waals surface area contributed by atoms with Gasteiger partial charge in [-0.25, -0.2) is 14.5 Å². The SMILES string of the molecule is C=C(C)/C=C(\C)c1ccc(Oc2cc3c4c(cc(Oc5ccc(C(C)(C)CC(C)(C)C)cc5)c5c6c(Oc7ccc(C(C)(C)CC(C)(C)C)cc7)cc7c8c(cc(Oc9ccc(C(C)(C)CC(C)(C)C)cc9)c(c2c45)c86)C(=O)OC7=O)C(=O)N(c2c(C(C)C)cccc2C(C)C)C3=O)cc1. The Morgan fingerprint density at radius 3 is 0.990 bits per heavy atom. The fourth-order valence-corrected chi connectivity index (χ4v) is 16.6. The van der Waals surface area contributed by atoms with E-state index in [1.165, 1.54) is 4.90 Å². The highest BCUT2D eigenvalue weighted by Crippen LogP contribution is 2.59. The van der Waals surface area contributed by atoms with Gasteiger partial charge in [0.05, 0.1) is 27.9 Å². The highest BCUT2D eigenvalue weighted by molar-refractivity contribution is 6.46. The van der Waals surface area contributed by atoms with Crippen LogP contribution in [0.5, 0.6) is 46.0 Å². The molecule has 100 heavy (non-hydrogen) atoms. The van der Waals surface area contributed by atoms with Gasteiger partial charge in [-0.1, -0.05) is 217 Å². The first kappa shape index (κ1) is 70.3. The molecule has 10 aromatic rings. The Morgan fingerprint density at radius 1 is 0.410 bits per heavy atom. The van der Waals surface area contributed by atoms with Crippen molar-refractivity contribution >= 4 is 78.1 Å². The molecule has 0 saturated carbocycles. The number of imide groups is 1. The minimum atomic E-state index is -0.866. The van der Waals surface area contributed by atoms with Gasteiger partial charge in [-0.15, -0.1) is 0 Å². The molecule has 2 aliphatic heterocycles. The lowest BCUT2D eigenvalue weighted by Crippen LogP contribution is -2.42. The molecule has 10 heteroatoms. The highest BCUT2D eigenvalue weighted by atomic mass is 16.6. The Hall–Kier alpha value is -9.54. The summed E-state index contributed by atoms with van der Waals surface area (Å²) in [5, 5.41) is 3.13. The van der Waals surface area contributed by atoms with Crippen LogP contribution in [0.15, 0.2) is 158 Å². The summed E-state index contributed by atoms with van der Waals surface area (Å²) in [5.74, 6) is -0.323. The maximum absolute atomic E-state index is 16.6. The van der Waals surface area contributed by atoms with Crippen molar-refractivity contribution in [3.63, 3.8) is 0 Å². The first-order valence-corrected chi connectivity index (χ1v) is 35.3. The molecule has 0 unspecified atom stereocenters. The van der Waals surface area contributed by atoms with E-state index in [9.17, 15) is 9.59 Å². The lowest BCUT2D eigenvalue weighted by atomic mass is 9.72. The van der Waals surface area contributed by atoms with Crippen LogP contribution in [-0.4, -0.2) is 23.8 Å². The normalized spacial score (nSPS) is 14.2. The van der Waals surface area contributed by atoms with Crippen LogP contribution < -0.4 is 23.8 Å². The Balaban J connectivity index is 1.26. The molecule has 10 aromatic carbocycles. The highest BCUT2D eigenvalue weighted by Gasteiger charge is 2.43. The van der Waals surface area contributed by atoms with Crippen molar-refractivity contribution in [3.8, 4) is 46.0 Å². The second-order valence-electron chi connectivity index (χ2n) is 34.4. The Bertz CT molecular complexity index is 4950. The second-order valence-corrected chi connectivity index (χ2v) is 34.4. The molecule has 516 valence electrons. The van der Waals surface area contributed by atoms with E-state index in [0.717, 1.165) is 63.8 Å². The largest absolute Gasteiger partial charge is 0.457 e. The molecule has 10 nitrogen and oxygen atoms in total. The number of nitrogens with zero attached hydrogens (tertiary/aromatic N) is 1. The number of esters is 2. The topological polar surface area (TPSA) is 118 Å². The molecule has 0 N–H and O–H groups in total. The maximum Gasteiger partial charge on any atom is 0.346 e. The number of carbonyl (C=O) groups excluding carboxylic acids is 4. The Kier molecular flexibility index (Phi) is 17.8. The van der Waals surface area contributed by atoms with Crippen LogP contribution in [0.2, 0.25) is 0 Å². The predicted molar refractivity (Wildman–Crippen MR) is 409 cm³/mol. The van der Waals surface area contributed by atoms with E-state index in [1.54, 1.807) is 24.3 Å². The molecule has 0 saturated heterocycles. The summed E-state index contributed by atoms with van der Waals surface area (Å²) in [6, 6.07) is 44.7. The average Bonchev–Trinajstić information content (AvgIpc) is 0.673. The molecule has 0 aromatic heterocycles. The fourth-order valence-electron chi connectivity index (χ4n) is 16.6. The van der Waals surface area contributed by atoms with Gasteiger partial charge < -0.3 is 23.7 Å². The summed E-state index contributed by atoms with van der Waals surface area (Å²) in [6.45, 7) is 50.1. The molecule has 0 fully saturated rings. The maximum atomic E-state index is 16.6. The van der Waals surface area contributed by atoms with Crippen LogP contribution in [0.4, 0.5) is 5.69 Å². The first-order valence-electron chi connectivity index (χ1n) is 35.3. The molecule has 12 rings (SSSR count). The van der Waals surface area contributed by atoms with Gasteiger partial charge in [-0.3, -0.25) is 9.59 Å². The van der Waals surface area contributed by atoms with E-state index in [0.29, 0.717) is 71.8 Å². The van der Waals surface area contributed by atoms with Crippen molar-refractivity contribution in [1.82, 2.24) is 0 Å². The molecule has 2 amide bonds. The lowest BCUT2D eigenvalue weighted by molar-refractivity contribution is 0.0390. The number of ether oxygens (including phenoxy) is 5. The zero-order valence-corrected chi connectivity index (χ0v) is 62.5. The molecule has 0 spiro atoms. The van der Waals surface area contributed by atoms with Gasteiger partial charge in [-0.05, 0) is 189 Å². The van der Waals surface area contributed by atoms with E-state index in [4.69, 9.17) is 23.7 Å². The minimum Gasteiger partial charge on any atom is -0.457 e. The quantitative estimate of drug-likeness (QED) is 0.0195. The van der Waals surface area contributed by atoms with Crippen LogP contribution in [0.3, 0.4) is 0 Å². The van der Waals surface area contributed by atoms with Crippen molar-refractivity contribution in [2.24, 2.45) is 16.2 Å². The van der Waals surface area contributed by atoms with Crippen LogP contribution in [0, 0.1) is 16.2 Å². The Morgan fingerprint density at radius 2 is 0.700 bits per heavy atom. The van der Waals surface area contributed by atoms with Gasteiger partial charge in [0.1, 0.15) is 46.0 Å². The van der Waals surface area contributed by atoms with E-state index in [1.807, 2.05) is 98.8 Å². The predicted octanol–water partition coefficient (Wildman–Crippen LogP) is 25.4. The van der Waals surface area contributed by atoms with Gasteiger partial charge >= 0.3 is 11.9 Å². The molecule has 0 radical (unpaired) electrons. The molecule has 2 heterocycles. The second kappa shape index (κ2) is 25.3. The van der Waals surface area contributed by atoms with E-state index >= 15 is 9.59 Å². The summed E-state index contributed by atoms with van der Waals surface area (Å²) >= 11 is 0. The number of cyclic esters (lactones) is 2. The molecular weight excluding hydrogens is 1240 g/mol. The zero-order chi connectivity index (χ0) is 72.4. The van der Waals surface area contributed by atoms with E-state index < -0.39 is 23.8 Å². The zero-order valence-electron chi connectivity index (χ0n) is 62.5. The standard InChI is InChI=1S/C90H97NO9/c1-50(2)42-53(7)54-26-34-58(35-27-54)96-68-43-64-72-65(82(93)91(81(64)92)80-62(51(3)4)24-23-25-63(80)52(5)6)44-69(97-59-36-28-55(29-37-59)88(17,18)47-85(8,9)10)75-77-71(99-61-40-32-57(33-41-61)90(21,22)49-87(14,15)16)46-67-73-66(83(94)100-84(67)95)45-70(76(79(73)77)74(68)78(72)75)98-60-38-30-56(31-39-60)89(19,20)48-86(11,12)13/h23-46,51-52H,1,47-49H2,2-22H3/b53-42+. The monoisotopic (exact) mass is 1340 g/mol. The summed E-state index contributed by atoms with van der Waals surface area (Å²) in [5.41, 5.74) is 8.46. The van der Waals surface area contributed by atoms with Gasteiger partial charge in [0.25, 0.3) is 11.8 Å². The number of para-hydroxylation sites is 1. The van der Waals surface area contributed by atoms with E-state index in [2.05, 4.69) is 175 Å². The van der Waals surface area contributed by atoms with Crippen LogP contribution in [0.1, 0.15) is 251 Å². The number of rotatable bonds is 19. The molecule has 0 atom stereocenters. The third-order valence-electron chi connectivity index (χ3n) is 19.7. The summed E-state index contributed by atoms with van der Waals surface area (Å²) < 4.78 is 35.2. The first-order chi connectivity index (χ1) is 46.7. The lowest BCUT2D eigenvalue weighted by Gasteiger charge is -2.34. The molecular formula is C90H97NO9. The number of hydrogen-bond acceptors (Lipinski definition) is 9. The number of fused-ring (bicyclic) bond motifs is 2. The summed E-state index contributed by atoms with van der Waals surface area (Å²) in [4.78, 5) is 64.2. The number of benzene rings is 10. The molecule has 2 aliphatic rings. The smallest absolute Gasteiger partial charge is 0.346 e. The van der Waals surface area contributed by atoms with Crippen molar-refractivity contribution < 1.29 is 42.9 Å². The number of allylic oxidation sites excluding steroid dienone is 3. The average molecular weight is 1340 g/mol. The fraction of sp³-hybridized carbons (Fsp3) is 0.356. The summed E-state index contributed by atoms with van der Waals surface area (Å²) in [6.07, 6.45) is 4.76. The Labute approximate surface area is 591 Å². The number of anilines is 1. The van der Waals surface area contributed by atoms with Crippen molar-refractivity contribution in [2.45, 2.75) is 193 Å². The van der Waals surface area contributed by atoms with Gasteiger partial charge in [0.2, 0.25) is 0 Å². The number of amides is 2. The van der Waals surface area contributed by atoms with Gasteiger partial charge in [-0.2, -0.15) is 0 Å². The van der Waals surface area contributed by atoms with Crippen LogP contribution in [-0.2, 0) is 21.0 Å². The van der Waals surface area contributed by atoms with Crippen LogP contribution >= 0.6 is 0 Å². The number of carbonyl (C=O) groups is 4.